The van der Waals surface area contributed by atoms with Crippen molar-refractivity contribution in [3.8, 4) is 0 Å². The second kappa shape index (κ2) is 5.50. The van der Waals surface area contributed by atoms with Gasteiger partial charge in [0.1, 0.15) is 0 Å². The molecule has 1 aliphatic heterocycles. The van der Waals surface area contributed by atoms with E-state index in [1.165, 1.54) is 0 Å². The Labute approximate surface area is 112 Å². The van der Waals surface area contributed by atoms with Crippen molar-refractivity contribution in [2.45, 2.75) is 6.10 Å². The third-order valence-electron chi connectivity index (χ3n) is 3.44. The molecule has 0 amide bonds. The summed E-state index contributed by atoms with van der Waals surface area (Å²) in [5.41, 5.74) is 2.09. The predicted octanol–water partition coefficient (Wildman–Crippen LogP) is 1.05. The van der Waals surface area contributed by atoms with Gasteiger partial charge in [-0.1, -0.05) is 18.2 Å². The number of likely N-dealkylation sites (N-methyl/N-ethyl adjacent to an activating group) is 1. The molecule has 1 aliphatic rings. The number of ether oxygens (including phenoxy) is 1. The first-order chi connectivity index (χ1) is 9.38. The first kappa shape index (κ1) is 12.3. The van der Waals surface area contributed by atoms with Crippen LogP contribution in [0.4, 0.5) is 5.69 Å². The van der Waals surface area contributed by atoms with Crippen molar-refractivity contribution in [2.75, 3.05) is 38.2 Å². The average molecular weight is 258 g/mol. The Hall–Kier alpha value is -1.72. The van der Waals surface area contributed by atoms with Crippen LogP contribution in [0, 0.1) is 0 Å². The Kier molecular flexibility index (Phi) is 3.57. The van der Waals surface area contributed by atoms with Gasteiger partial charge >= 0.3 is 0 Å². The van der Waals surface area contributed by atoms with E-state index >= 15 is 0 Å². The van der Waals surface area contributed by atoms with E-state index in [1.54, 1.807) is 0 Å². The van der Waals surface area contributed by atoms with Gasteiger partial charge in [0.2, 0.25) is 0 Å². The molecule has 0 aliphatic carbocycles. The molecule has 0 bridgehead atoms. The molecule has 1 aromatic heterocycles. The van der Waals surface area contributed by atoms with E-state index in [-0.39, 0.29) is 6.10 Å². The summed E-state index contributed by atoms with van der Waals surface area (Å²) in [6.45, 7) is 3.41. The summed E-state index contributed by atoms with van der Waals surface area (Å²) < 4.78 is 5.74. The van der Waals surface area contributed by atoms with Crippen molar-refractivity contribution in [2.24, 2.45) is 0 Å². The quantitative estimate of drug-likeness (QED) is 0.892. The Morgan fingerprint density at radius 2 is 2.32 bits per heavy atom. The van der Waals surface area contributed by atoms with Crippen LogP contribution >= 0.6 is 0 Å². The Bertz CT molecular complexity index is 553. The molecule has 0 saturated carbocycles. The van der Waals surface area contributed by atoms with Gasteiger partial charge in [-0.15, -0.1) is 0 Å². The molecule has 5 nitrogen and oxygen atoms in total. The molecule has 19 heavy (non-hydrogen) atoms. The average Bonchev–Trinajstić information content (AvgIpc) is 2.47. The van der Waals surface area contributed by atoms with E-state index in [0.29, 0.717) is 0 Å². The van der Waals surface area contributed by atoms with E-state index in [0.717, 1.165) is 42.8 Å². The highest BCUT2D eigenvalue weighted by Crippen LogP contribution is 2.25. The van der Waals surface area contributed by atoms with Crippen LogP contribution in [0.25, 0.3) is 10.9 Å². The molecule has 1 aromatic carbocycles. The maximum Gasteiger partial charge on any atom is 0.0950 e. The summed E-state index contributed by atoms with van der Waals surface area (Å²) >= 11 is 0. The number of hydrogen-bond donors (Lipinski definition) is 1. The minimum Gasteiger partial charge on any atom is -0.373 e. The standard InChI is InChI=1S/C14H18N4O/c1-15-8-11-10-18(6-7-19-11)14-9-16-17-13-5-3-2-4-12(13)14/h2-5,9,11,15H,6-8,10H2,1H3. The Morgan fingerprint density at radius 3 is 3.21 bits per heavy atom. The number of morpholine rings is 1. The number of aromatic nitrogens is 2. The van der Waals surface area contributed by atoms with Crippen molar-refractivity contribution in [3.63, 3.8) is 0 Å². The Balaban J connectivity index is 1.91. The molecular weight excluding hydrogens is 240 g/mol. The molecule has 5 heteroatoms. The van der Waals surface area contributed by atoms with Gasteiger partial charge in [-0.25, -0.2) is 0 Å². The molecular formula is C14H18N4O. The molecule has 1 fully saturated rings. The number of nitrogens with zero attached hydrogens (tertiary/aromatic N) is 3. The lowest BCUT2D eigenvalue weighted by atomic mass is 10.1. The van der Waals surface area contributed by atoms with Crippen LogP contribution in [0.15, 0.2) is 30.5 Å². The smallest absolute Gasteiger partial charge is 0.0950 e. The molecule has 1 saturated heterocycles. The highest BCUT2D eigenvalue weighted by atomic mass is 16.5. The number of fused-ring (bicyclic) bond motifs is 1. The molecule has 1 atom stereocenters. The summed E-state index contributed by atoms with van der Waals surface area (Å²) in [5.74, 6) is 0. The molecule has 0 radical (unpaired) electrons. The normalized spacial score (nSPS) is 19.8. The molecule has 2 aromatic rings. The van der Waals surface area contributed by atoms with Crippen LogP contribution in [-0.2, 0) is 4.74 Å². The van der Waals surface area contributed by atoms with Gasteiger partial charge in [0.05, 0.1) is 30.1 Å². The fourth-order valence-corrected chi connectivity index (χ4v) is 2.53. The number of nitrogens with one attached hydrogen (secondary N) is 1. The van der Waals surface area contributed by atoms with Crippen LogP contribution in [0.2, 0.25) is 0 Å². The molecule has 0 spiro atoms. The third kappa shape index (κ3) is 2.52. The second-order valence-corrected chi connectivity index (χ2v) is 4.74. The molecule has 2 heterocycles. The van der Waals surface area contributed by atoms with Gasteiger partial charge in [-0.05, 0) is 13.1 Å². The monoisotopic (exact) mass is 258 g/mol. The minimum absolute atomic E-state index is 0.227. The lowest BCUT2D eigenvalue weighted by molar-refractivity contribution is 0.0422. The zero-order valence-corrected chi connectivity index (χ0v) is 11.0. The van der Waals surface area contributed by atoms with Gasteiger partial charge in [-0.2, -0.15) is 10.2 Å². The molecule has 1 unspecified atom stereocenters. The fraction of sp³-hybridized carbons (Fsp3) is 0.429. The number of benzene rings is 1. The predicted molar refractivity (Wildman–Crippen MR) is 75.4 cm³/mol. The first-order valence-corrected chi connectivity index (χ1v) is 6.60. The summed E-state index contributed by atoms with van der Waals surface area (Å²) in [5, 5.41) is 12.6. The topological polar surface area (TPSA) is 50.3 Å². The number of hydrogen-bond acceptors (Lipinski definition) is 5. The van der Waals surface area contributed by atoms with Gasteiger partial charge < -0.3 is 15.0 Å². The largest absolute Gasteiger partial charge is 0.373 e. The lowest BCUT2D eigenvalue weighted by Crippen LogP contribution is -2.46. The number of rotatable bonds is 3. The van der Waals surface area contributed by atoms with Gasteiger partial charge in [-0.3, -0.25) is 0 Å². The van der Waals surface area contributed by atoms with E-state index in [9.17, 15) is 0 Å². The highest BCUT2D eigenvalue weighted by molar-refractivity contribution is 5.90. The fourth-order valence-electron chi connectivity index (χ4n) is 2.53. The summed E-state index contributed by atoms with van der Waals surface area (Å²) in [7, 11) is 1.95. The third-order valence-corrected chi connectivity index (χ3v) is 3.44. The molecule has 1 N–H and O–H groups in total. The zero-order chi connectivity index (χ0) is 13.1. The SMILES string of the molecule is CNCC1CN(c2cnnc3ccccc23)CCO1. The van der Waals surface area contributed by atoms with Crippen molar-refractivity contribution in [1.29, 1.82) is 0 Å². The summed E-state index contributed by atoms with van der Waals surface area (Å²) in [4.78, 5) is 2.34. The summed E-state index contributed by atoms with van der Waals surface area (Å²) in [6.07, 6.45) is 2.08. The van der Waals surface area contributed by atoms with Crippen molar-refractivity contribution in [1.82, 2.24) is 15.5 Å². The van der Waals surface area contributed by atoms with Crippen molar-refractivity contribution in [3.05, 3.63) is 30.5 Å². The van der Waals surface area contributed by atoms with E-state index < -0.39 is 0 Å². The lowest BCUT2D eigenvalue weighted by Gasteiger charge is -2.34. The number of anilines is 1. The van der Waals surface area contributed by atoms with Gasteiger partial charge in [0.15, 0.2) is 0 Å². The van der Waals surface area contributed by atoms with E-state index in [4.69, 9.17) is 4.74 Å². The summed E-state index contributed by atoms with van der Waals surface area (Å²) in [6, 6.07) is 8.13. The highest BCUT2D eigenvalue weighted by Gasteiger charge is 2.21. The van der Waals surface area contributed by atoms with Crippen molar-refractivity contribution < 1.29 is 4.74 Å². The van der Waals surface area contributed by atoms with Crippen molar-refractivity contribution >= 4 is 16.6 Å². The minimum atomic E-state index is 0.227. The zero-order valence-electron chi connectivity index (χ0n) is 11.0. The van der Waals surface area contributed by atoms with Gasteiger partial charge in [0.25, 0.3) is 0 Å². The van der Waals surface area contributed by atoms with Gasteiger partial charge in [0, 0.05) is 25.0 Å². The maximum atomic E-state index is 5.74. The van der Waals surface area contributed by atoms with E-state index in [2.05, 4.69) is 26.5 Å². The molecule has 100 valence electrons. The van der Waals surface area contributed by atoms with Crippen LogP contribution in [0.3, 0.4) is 0 Å². The first-order valence-electron chi connectivity index (χ1n) is 6.60. The van der Waals surface area contributed by atoms with Crippen LogP contribution in [0.1, 0.15) is 0 Å². The second-order valence-electron chi connectivity index (χ2n) is 4.74. The van der Waals surface area contributed by atoms with Crippen LogP contribution in [0.5, 0.6) is 0 Å². The van der Waals surface area contributed by atoms with Crippen LogP contribution < -0.4 is 10.2 Å². The maximum absolute atomic E-state index is 5.74. The van der Waals surface area contributed by atoms with E-state index in [1.807, 2.05) is 31.4 Å². The molecule has 3 rings (SSSR count). The van der Waals surface area contributed by atoms with Crippen LogP contribution in [-0.4, -0.2) is 49.6 Å². The Morgan fingerprint density at radius 1 is 1.42 bits per heavy atom.